The molecular formula is C17H29NO14. The van der Waals surface area contributed by atoms with Crippen molar-refractivity contribution in [2.75, 3.05) is 13.2 Å². The lowest BCUT2D eigenvalue weighted by Gasteiger charge is -2.47. The highest BCUT2D eigenvalue weighted by molar-refractivity contribution is 5.76. The fraction of sp³-hybridized carbons (Fsp3) is 0.882. The molecule has 2 aliphatic heterocycles. The van der Waals surface area contributed by atoms with Gasteiger partial charge in [0.05, 0.1) is 25.4 Å². The van der Waals surface area contributed by atoms with Crippen molar-refractivity contribution in [3.8, 4) is 0 Å². The van der Waals surface area contributed by atoms with Crippen LogP contribution in [0.15, 0.2) is 0 Å². The van der Waals surface area contributed by atoms with E-state index >= 15 is 0 Å². The van der Waals surface area contributed by atoms with Crippen molar-refractivity contribution in [2.45, 2.75) is 80.3 Å². The normalized spacial score (nSPS) is 42.2. The molecule has 32 heavy (non-hydrogen) atoms. The van der Waals surface area contributed by atoms with Crippen LogP contribution in [0.4, 0.5) is 0 Å². The first-order valence-corrected chi connectivity index (χ1v) is 9.69. The van der Waals surface area contributed by atoms with Crippen LogP contribution in [-0.4, -0.2) is 138 Å². The first-order valence-electron chi connectivity index (χ1n) is 9.69. The lowest BCUT2D eigenvalue weighted by atomic mass is 9.88. The Morgan fingerprint density at radius 3 is 2.28 bits per heavy atom. The summed E-state index contributed by atoms with van der Waals surface area (Å²) in [6, 6.07) is -1.39. The highest BCUT2D eigenvalue weighted by Gasteiger charge is 2.56. The SMILES string of the molecule is CC(=O)N[C@H]1[C@H]([C@H](O)[C@H](O)CO)O[C@@](OC[C@H]2O[C@H](O)[C@H](O)[C@@H](O)[C@@H]2O)(C(=O)O)C[C@@H]1O. The number of ether oxygens (including phenoxy) is 3. The smallest absolute Gasteiger partial charge is 0.364 e. The molecule has 0 bridgehead atoms. The fourth-order valence-corrected chi connectivity index (χ4v) is 3.56. The minimum absolute atomic E-state index is 0.669. The number of aliphatic hydroxyl groups excluding tert-OH is 8. The van der Waals surface area contributed by atoms with Crippen LogP contribution in [0.2, 0.25) is 0 Å². The van der Waals surface area contributed by atoms with Gasteiger partial charge in [-0.2, -0.15) is 0 Å². The number of aliphatic hydroxyl groups is 8. The lowest BCUT2D eigenvalue weighted by molar-refractivity contribution is -0.334. The number of carboxylic acid groups (broad SMARTS) is 1. The van der Waals surface area contributed by atoms with E-state index in [2.05, 4.69) is 5.32 Å². The molecule has 11 atom stereocenters. The molecule has 15 nitrogen and oxygen atoms in total. The van der Waals surface area contributed by atoms with Crippen molar-refractivity contribution >= 4 is 11.9 Å². The largest absolute Gasteiger partial charge is 0.477 e. The van der Waals surface area contributed by atoms with Gasteiger partial charge in [-0.05, 0) is 0 Å². The Morgan fingerprint density at radius 2 is 1.75 bits per heavy atom. The van der Waals surface area contributed by atoms with Gasteiger partial charge >= 0.3 is 5.97 Å². The lowest BCUT2D eigenvalue weighted by Crippen LogP contribution is -2.68. The summed E-state index contributed by atoms with van der Waals surface area (Å²) < 4.78 is 15.5. The van der Waals surface area contributed by atoms with Crippen molar-refractivity contribution in [3.05, 3.63) is 0 Å². The zero-order valence-electron chi connectivity index (χ0n) is 17.0. The quantitative estimate of drug-likeness (QED) is 0.158. The number of carbonyl (C=O) groups excluding carboxylic acids is 1. The second-order valence-electron chi connectivity index (χ2n) is 7.73. The summed E-state index contributed by atoms with van der Waals surface area (Å²) in [5, 5.41) is 90.6. The number of rotatable bonds is 8. The third-order valence-corrected chi connectivity index (χ3v) is 5.35. The topological polar surface area (TPSA) is 256 Å². The summed E-state index contributed by atoms with van der Waals surface area (Å²) in [6.45, 7) is -0.691. The number of carbonyl (C=O) groups is 2. The summed E-state index contributed by atoms with van der Waals surface area (Å²) in [4.78, 5) is 23.5. The molecule has 15 heteroatoms. The number of carboxylic acids is 1. The highest BCUT2D eigenvalue weighted by Crippen LogP contribution is 2.34. The molecule has 2 heterocycles. The zero-order chi connectivity index (χ0) is 24.4. The maximum absolute atomic E-state index is 12.0. The third-order valence-electron chi connectivity index (χ3n) is 5.35. The molecule has 10 N–H and O–H groups in total. The van der Waals surface area contributed by atoms with E-state index in [1.807, 2.05) is 0 Å². The number of hydrogen-bond acceptors (Lipinski definition) is 13. The Labute approximate surface area is 181 Å². The molecule has 0 unspecified atom stereocenters. The third kappa shape index (κ3) is 5.52. The van der Waals surface area contributed by atoms with Crippen molar-refractivity contribution in [1.29, 1.82) is 0 Å². The Balaban J connectivity index is 2.27. The molecule has 0 radical (unpaired) electrons. The van der Waals surface area contributed by atoms with Gasteiger partial charge in [-0.15, -0.1) is 0 Å². The second-order valence-corrected chi connectivity index (χ2v) is 7.73. The van der Waals surface area contributed by atoms with Gasteiger partial charge in [0.1, 0.15) is 42.7 Å². The number of aliphatic carboxylic acids is 1. The summed E-state index contributed by atoms with van der Waals surface area (Å²) in [5.74, 6) is -5.15. The van der Waals surface area contributed by atoms with Crippen LogP contribution in [0, 0.1) is 0 Å². The first-order chi connectivity index (χ1) is 14.8. The van der Waals surface area contributed by atoms with E-state index in [4.69, 9.17) is 19.3 Å². The highest BCUT2D eigenvalue weighted by atomic mass is 16.7. The van der Waals surface area contributed by atoms with Crippen LogP contribution in [-0.2, 0) is 23.8 Å². The van der Waals surface area contributed by atoms with E-state index in [1.54, 1.807) is 0 Å². The van der Waals surface area contributed by atoms with E-state index in [-0.39, 0.29) is 0 Å². The number of nitrogens with one attached hydrogen (secondary N) is 1. The minimum atomic E-state index is -2.69. The minimum Gasteiger partial charge on any atom is -0.477 e. The van der Waals surface area contributed by atoms with E-state index in [0.29, 0.717) is 0 Å². The Bertz CT molecular complexity index is 665. The van der Waals surface area contributed by atoms with Gasteiger partial charge in [-0.1, -0.05) is 0 Å². The van der Waals surface area contributed by atoms with Crippen LogP contribution < -0.4 is 5.32 Å². The number of hydrogen-bond donors (Lipinski definition) is 10. The van der Waals surface area contributed by atoms with Crippen molar-refractivity contribution < 1.29 is 69.8 Å². The van der Waals surface area contributed by atoms with Crippen LogP contribution in [0.25, 0.3) is 0 Å². The number of amides is 1. The molecule has 0 saturated carbocycles. The van der Waals surface area contributed by atoms with Crippen molar-refractivity contribution in [3.63, 3.8) is 0 Å². The predicted octanol–water partition coefficient (Wildman–Crippen LogP) is -6.05. The fourth-order valence-electron chi connectivity index (χ4n) is 3.56. The molecular weight excluding hydrogens is 442 g/mol. The van der Waals surface area contributed by atoms with Gasteiger partial charge < -0.3 is 65.5 Å². The van der Waals surface area contributed by atoms with Gasteiger partial charge in [0.15, 0.2) is 6.29 Å². The Kier molecular flexibility index (Phi) is 8.88. The monoisotopic (exact) mass is 471 g/mol. The molecule has 0 aromatic heterocycles. The van der Waals surface area contributed by atoms with E-state index < -0.39 is 98.5 Å². The van der Waals surface area contributed by atoms with Gasteiger partial charge in [0.2, 0.25) is 5.91 Å². The average Bonchev–Trinajstić information content (AvgIpc) is 2.73. The zero-order valence-corrected chi connectivity index (χ0v) is 17.0. The van der Waals surface area contributed by atoms with Crippen LogP contribution in [0.5, 0.6) is 0 Å². The van der Waals surface area contributed by atoms with Gasteiger partial charge in [0.25, 0.3) is 5.79 Å². The van der Waals surface area contributed by atoms with Crippen molar-refractivity contribution in [2.24, 2.45) is 0 Å². The summed E-state index contributed by atoms with van der Waals surface area (Å²) >= 11 is 0. The van der Waals surface area contributed by atoms with Crippen molar-refractivity contribution in [1.82, 2.24) is 5.32 Å². The van der Waals surface area contributed by atoms with Crippen LogP contribution in [0.1, 0.15) is 13.3 Å². The van der Waals surface area contributed by atoms with E-state index in [1.165, 1.54) is 0 Å². The van der Waals surface area contributed by atoms with Crippen LogP contribution >= 0.6 is 0 Å². The first kappa shape index (κ1) is 26.7. The maximum atomic E-state index is 12.0. The maximum Gasteiger partial charge on any atom is 0.364 e. The molecule has 1 amide bonds. The van der Waals surface area contributed by atoms with E-state index in [0.717, 1.165) is 6.92 Å². The molecule has 2 aliphatic rings. The summed E-state index contributed by atoms with van der Waals surface area (Å²) in [6.07, 6.45) is -16.9. The standard InChI is InChI=1S/C17H29NO14/c1-5(20)18-9-6(21)2-17(16(28)29,32-14(9)10(23)7(22)3-19)30-4-8-11(24)12(25)13(26)15(27)31-8/h6-15,19,21-27H,2-4H2,1H3,(H,18,20)(H,28,29)/t6-,7+,8+,9+,10+,11+,12-,13+,14+,15-,17+/m0/s1. The molecule has 0 spiro atoms. The molecule has 0 aliphatic carbocycles. The molecule has 0 aromatic carbocycles. The molecule has 2 rings (SSSR count). The predicted molar refractivity (Wildman–Crippen MR) is 97.4 cm³/mol. The average molecular weight is 471 g/mol. The molecule has 2 fully saturated rings. The summed E-state index contributed by atoms with van der Waals surface area (Å²) in [7, 11) is 0. The Morgan fingerprint density at radius 1 is 1.12 bits per heavy atom. The summed E-state index contributed by atoms with van der Waals surface area (Å²) in [5.41, 5.74) is 0. The van der Waals surface area contributed by atoms with Gasteiger partial charge in [-0.25, -0.2) is 4.79 Å². The molecule has 2 saturated heterocycles. The Hall–Kier alpha value is -1.50. The second kappa shape index (κ2) is 10.6. The van der Waals surface area contributed by atoms with Gasteiger partial charge in [-0.3, -0.25) is 4.79 Å². The molecule has 0 aromatic rings. The van der Waals surface area contributed by atoms with E-state index in [9.17, 15) is 50.4 Å². The molecule has 186 valence electrons. The van der Waals surface area contributed by atoms with Gasteiger partial charge in [0, 0.05) is 13.3 Å². The van der Waals surface area contributed by atoms with Crippen LogP contribution in [0.3, 0.4) is 0 Å².